The van der Waals surface area contributed by atoms with E-state index in [0.717, 1.165) is 41.7 Å². The van der Waals surface area contributed by atoms with Gasteiger partial charge in [-0.15, -0.1) is 5.10 Å². The van der Waals surface area contributed by atoms with Crippen LogP contribution in [-0.4, -0.2) is 31.8 Å². The SMILES string of the molecule is CC(COc1cccc2[nH]c(=O)ccc12)Cc1nnnn1C1CCCCC1. The van der Waals surface area contributed by atoms with E-state index in [4.69, 9.17) is 4.74 Å². The summed E-state index contributed by atoms with van der Waals surface area (Å²) in [6.45, 7) is 2.71. The van der Waals surface area contributed by atoms with E-state index in [1.807, 2.05) is 22.9 Å². The maximum Gasteiger partial charge on any atom is 0.248 e. The summed E-state index contributed by atoms with van der Waals surface area (Å²) in [6, 6.07) is 9.47. The fourth-order valence-electron chi connectivity index (χ4n) is 3.84. The van der Waals surface area contributed by atoms with Gasteiger partial charge in [0.25, 0.3) is 0 Å². The number of nitrogens with zero attached hydrogens (tertiary/aromatic N) is 4. The van der Waals surface area contributed by atoms with Crippen LogP contribution in [0, 0.1) is 5.92 Å². The molecule has 1 unspecified atom stereocenters. The van der Waals surface area contributed by atoms with Gasteiger partial charge in [0.1, 0.15) is 5.75 Å². The van der Waals surface area contributed by atoms with Gasteiger partial charge in [0, 0.05) is 17.9 Å². The zero-order valence-corrected chi connectivity index (χ0v) is 15.6. The molecule has 2 heterocycles. The number of hydrogen-bond acceptors (Lipinski definition) is 5. The van der Waals surface area contributed by atoms with Crippen molar-refractivity contribution >= 4 is 10.9 Å². The Morgan fingerprint density at radius 1 is 1.22 bits per heavy atom. The Morgan fingerprint density at radius 3 is 2.93 bits per heavy atom. The molecule has 1 aliphatic carbocycles. The third-order valence-corrected chi connectivity index (χ3v) is 5.26. The third-order valence-electron chi connectivity index (χ3n) is 5.26. The van der Waals surface area contributed by atoms with Crippen LogP contribution in [-0.2, 0) is 6.42 Å². The van der Waals surface area contributed by atoms with Gasteiger partial charge in [-0.3, -0.25) is 4.79 Å². The number of nitrogens with one attached hydrogen (secondary N) is 1. The highest BCUT2D eigenvalue weighted by atomic mass is 16.5. The molecule has 1 aliphatic rings. The molecule has 7 heteroatoms. The topological polar surface area (TPSA) is 85.7 Å². The van der Waals surface area contributed by atoms with Crippen LogP contribution in [0.5, 0.6) is 5.75 Å². The standard InChI is InChI=1S/C20H25N5O2/c1-14(12-19-22-23-24-25(19)15-6-3-2-4-7-15)13-27-18-9-5-8-17-16(18)10-11-20(26)21-17/h5,8-11,14-15H,2-4,6-7,12-13H2,1H3,(H,21,26). The molecule has 1 fully saturated rings. The molecule has 142 valence electrons. The highest BCUT2D eigenvalue weighted by Gasteiger charge is 2.21. The number of aromatic amines is 1. The predicted octanol–water partition coefficient (Wildman–Crippen LogP) is 3.28. The number of ether oxygens (including phenoxy) is 1. The smallest absolute Gasteiger partial charge is 0.248 e. The van der Waals surface area contributed by atoms with Gasteiger partial charge in [-0.25, -0.2) is 4.68 Å². The van der Waals surface area contributed by atoms with Crippen LogP contribution in [0.3, 0.4) is 0 Å². The first-order valence-electron chi connectivity index (χ1n) is 9.72. The van der Waals surface area contributed by atoms with Gasteiger partial charge in [-0.1, -0.05) is 32.3 Å². The molecule has 1 saturated carbocycles. The second-order valence-corrected chi connectivity index (χ2v) is 7.49. The minimum atomic E-state index is -0.109. The normalized spacial score (nSPS) is 16.5. The Hall–Kier alpha value is -2.70. The Labute approximate surface area is 157 Å². The first-order valence-corrected chi connectivity index (χ1v) is 9.72. The van der Waals surface area contributed by atoms with Gasteiger partial charge in [0.2, 0.25) is 5.56 Å². The minimum Gasteiger partial charge on any atom is -0.493 e. The fourth-order valence-corrected chi connectivity index (χ4v) is 3.84. The van der Waals surface area contributed by atoms with E-state index in [2.05, 4.69) is 27.4 Å². The number of tetrazole rings is 1. The van der Waals surface area contributed by atoms with E-state index < -0.39 is 0 Å². The molecular weight excluding hydrogens is 342 g/mol. The predicted molar refractivity (Wildman–Crippen MR) is 103 cm³/mol. The maximum atomic E-state index is 11.5. The largest absolute Gasteiger partial charge is 0.493 e. The molecule has 3 aromatic rings. The zero-order valence-electron chi connectivity index (χ0n) is 15.6. The molecule has 1 aromatic carbocycles. The quantitative estimate of drug-likeness (QED) is 0.723. The van der Waals surface area contributed by atoms with Crippen molar-refractivity contribution in [2.75, 3.05) is 6.61 Å². The third kappa shape index (κ3) is 4.02. The van der Waals surface area contributed by atoms with Gasteiger partial charge >= 0.3 is 0 Å². The summed E-state index contributed by atoms with van der Waals surface area (Å²) in [5.41, 5.74) is 0.677. The molecular formula is C20H25N5O2. The summed E-state index contributed by atoms with van der Waals surface area (Å²) in [5.74, 6) is 2.00. The minimum absolute atomic E-state index is 0.109. The number of H-pyrrole nitrogens is 1. The van der Waals surface area contributed by atoms with Gasteiger partial charge in [0.15, 0.2) is 5.82 Å². The van der Waals surface area contributed by atoms with Crippen LogP contribution in [0.25, 0.3) is 10.9 Å². The number of hydrogen-bond donors (Lipinski definition) is 1. The number of benzene rings is 1. The molecule has 4 rings (SSSR count). The van der Waals surface area contributed by atoms with Gasteiger partial charge in [-0.05, 0) is 47.4 Å². The molecule has 0 spiro atoms. The summed E-state index contributed by atoms with van der Waals surface area (Å²) in [4.78, 5) is 14.3. The lowest BCUT2D eigenvalue weighted by atomic mass is 9.95. The first kappa shape index (κ1) is 17.7. The Kier molecular flexibility index (Phi) is 5.18. The molecule has 0 amide bonds. The van der Waals surface area contributed by atoms with Crippen molar-refractivity contribution in [3.05, 3.63) is 46.5 Å². The first-order chi connectivity index (χ1) is 13.2. The molecule has 1 atom stereocenters. The van der Waals surface area contributed by atoms with Crippen molar-refractivity contribution in [1.29, 1.82) is 0 Å². The number of rotatable bonds is 6. The molecule has 0 aliphatic heterocycles. The molecule has 0 radical (unpaired) electrons. The summed E-state index contributed by atoms with van der Waals surface area (Å²) >= 11 is 0. The average Bonchev–Trinajstić information content (AvgIpc) is 3.14. The van der Waals surface area contributed by atoms with E-state index in [9.17, 15) is 4.79 Å². The molecule has 27 heavy (non-hydrogen) atoms. The lowest BCUT2D eigenvalue weighted by Crippen LogP contribution is -2.20. The molecule has 0 saturated heterocycles. The van der Waals surface area contributed by atoms with Crippen molar-refractivity contribution < 1.29 is 4.74 Å². The van der Waals surface area contributed by atoms with Crippen LogP contribution in [0.4, 0.5) is 0 Å². The van der Waals surface area contributed by atoms with Crippen molar-refractivity contribution in [2.45, 2.75) is 51.5 Å². The van der Waals surface area contributed by atoms with Gasteiger partial charge in [0.05, 0.1) is 18.2 Å². The van der Waals surface area contributed by atoms with Crippen LogP contribution in [0.1, 0.15) is 50.9 Å². The summed E-state index contributed by atoms with van der Waals surface area (Å²) in [7, 11) is 0. The lowest BCUT2D eigenvalue weighted by Gasteiger charge is -2.23. The molecule has 1 N–H and O–H groups in total. The zero-order chi connectivity index (χ0) is 18.6. The Morgan fingerprint density at radius 2 is 2.07 bits per heavy atom. The van der Waals surface area contributed by atoms with Crippen molar-refractivity contribution in [3.63, 3.8) is 0 Å². The second-order valence-electron chi connectivity index (χ2n) is 7.49. The monoisotopic (exact) mass is 367 g/mol. The Bertz CT molecular complexity index is 958. The summed E-state index contributed by atoms with van der Waals surface area (Å²) in [5, 5.41) is 13.3. The highest BCUT2D eigenvalue weighted by Crippen LogP contribution is 2.28. The Balaban J connectivity index is 1.42. The second kappa shape index (κ2) is 7.90. The van der Waals surface area contributed by atoms with Crippen LogP contribution in [0.15, 0.2) is 35.1 Å². The van der Waals surface area contributed by atoms with Crippen molar-refractivity contribution in [2.24, 2.45) is 5.92 Å². The summed E-state index contributed by atoms with van der Waals surface area (Å²) in [6.07, 6.45) is 6.94. The highest BCUT2D eigenvalue weighted by molar-refractivity contribution is 5.84. The van der Waals surface area contributed by atoms with Crippen LogP contribution < -0.4 is 10.3 Å². The number of pyridine rings is 1. The van der Waals surface area contributed by atoms with Crippen molar-refractivity contribution in [1.82, 2.24) is 25.2 Å². The van der Waals surface area contributed by atoms with Crippen molar-refractivity contribution in [3.8, 4) is 5.75 Å². The van der Waals surface area contributed by atoms with E-state index in [1.165, 1.54) is 25.3 Å². The van der Waals surface area contributed by atoms with E-state index >= 15 is 0 Å². The average molecular weight is 367 g/mol. The van der Waals surface area contributed by atoms with E-state index in [1.54, 1.807) is 6.07 Å². The van der Waals surface area contributed by atoms with Gasteiger partial charge < -0.3 is 9.72 Å². The fraction of sp³-hybridized carbons (Fsp3) is 0.500. The molecule has 0 bridgehead atoms. The van der Waals surface area contributed by atoms with Crippen LogP contribution >= 0.6 is 0 Å². The molecule has 2 aromatic heterocycles. The maximum absolute atomic E-state index is 11.5. The number of aromatic nitrogens is 5. The number of fused-ring (bicyclic) bond motifs is 1. The van der Waals surface area contributed by atoms with Crippen LogP contribution in [0.2, 0.25) is 0 Å². The van der Waals surface area contributed by atoms with E-state index in [-0.39, 0.29) is 11.5 Å². The lowest BCUT2D eigenvalue weighted by molar-refractivity contribution is 0.253. The van der Waals surface area contributed by atoms with E-state index in [0.29, 0.717) is 12.6 Å². The summed E-state index contributed by atoms with van der Waals surface area (Å²) < 4.78 is 8.08. The van der Waals surface area contributed by atoms with Gasteiger partial charge in [-0.2, -0.15) is 0 Å². The molecule has 7 nitrogen and oxygen atoms in total.